The number of anilines is 2. The summed E-state index contributed by atoms with van der Waals surface area (Å²) in [5.41, 5.74) is 2.94. The fourth-order valence-electron chi connectivity index (χ4n) is 2.58. The van der Waals surface area contributed by atoms with Gasteiger partial charge in [0.25, 0.3) is 5.91 Å². The van der Waals surface area contributed by atoms with Crippen LogP contribution in [0, 0.1) is 18.3 Å². The third-order valence-electron chi connectivity index (χ3n) is 4.12. The van der Waals surface area contributed by atoms with Crippen LogP contribution in [0.5, 0.6) is 5.75 Å². The Hall–Kier alpha value is -3.26. The first-order valence-electron chi connectivity index (χ1n) is 8.56. The third kappa shape index (κ3) is 4.64. The number of hydrogen-bond donors (Lipinski definition) is 2. The molecule has 2 rings (SSSR count). The number of phenolic OH excluding ortho intramolecular Hbond substituents is 1. The number of amides is 1. The van der Waals surface area contributed by atoms with Crippen LogP contribution in [-0.4, -0.2) is 24.1 Å². The molecule has 5 nitrogen and oxygen atoms in total. The van der Waals surface area contributed by atoms with Gasteiger partial charge in [-0.3, -0.25) is 4.79 Å². The summed E-state index contributed by atoms with van der Waals surface area (Å²) in [6.45, 7) is 7.69. The van der Waals surface area contributed by atoms with Gasteiger partial charge in [-0.1, -0.05) is 17.7 Å². The number of nitrogens with zero attached hydrogens (tertiary/aromatic N) is 2. The number of aryl methyl sites for hydroxylation is 1. The van der Waals surface area contributed by atoms with E-state index in [0.717, 1.165) is 24.3 Å². The van der Waals surface area contributed by atoms with Gasteiger partial charge in [0.15, 0.2) is 0 Å². The Morgan fingerprint density at radius 3 is 2.38 bits per heavy atom. The summed E-state index contributed by atoms with van der Waals surface area (Å²) in [5.74, 6) is -0.478. The van der Waals surface area contributed by atoms with Crippen molar-refractivity contribution in [3.8, 4) is 11.8 Å². The molecule has 5 heteroatoms. The van der Waals surface area contributed by atoms with Crippen LogP contribution < -0.4 is 10.2 Å². The van der Waals surface area contributed by atoms with Crippen molar-refractivity contribution in [2.75, 3.05) is 23.3 Å². The second kappa shape index (κ2) is 8.72. The van der Waals surface area contributed by atoms with Crippen LogP contribution in [0.3, 0.4) is 0 Å². The molecule has 0 spiro atoms. The van der Waals surface area contributed by atoms with E-state index in [0.29, 0.717) is 11.3 Å². The van der Waals surface area contributed by atoms with Crippen LogP contribution in [0.15, 0.2) is 48.0 Å². The monoisotopic (exact) mass is 349 g/mol. The van der Waals surface area contributed by atoms with Crippen LogP contribution in [0.1, 0.15) is 25.0 Å². The van der Waals surface area contributed by atoms with E-state index in [1.54, 1.807) is 24.3 Å². The number of rotatable bonds is 6. The summed E-state index contributed by atoms with van der Waals surface area (Å²) < 4.78 is 0. The molecule has 1 amide bonds. The van der Waals surface area contributed by atoms with E-state index in [-0.39, 0.29) is 11.3 Å². The number of benzene rings is 2. The van der Waals surface area contributed by atoms with Crippen molar-refractivity contribution in [3.05, 3.63) is 59.2 Å². The van der Waals surface area contributed by atoms with Crippen molar-refractivity contribution in [1.82, 2.24) is 0 Å². The van der Waals surface area contributed by atoms with Gasteiger partial charge in [0.2, 0.25) is 0 Å². The minimum absolute atomic E-state index is 0.0327. The lowest BCUT2D eigenvalue weighted by atomic mass is 10.1. The smallest absolute Gasteiger partial charge is 0.266 e. The molecular weight excluding hydrogens is 326 g/mol. The number of hydrogen-bond acceptors (Lipinski definition) is 4. The zero-order valence-electron chi connectivity index (χ0n) is 15.3. The SMILES string of the molecule is CCN(CC)c1ccc(/C=C(\C#N)C(=O)Nc2ccc(C)cc2)c(O)c1. The van der Waals surface area contributed by atoms with Crippen LogP contribution in [0.4, 0.5) is 11.4 Å². The largest absolute Gasteiger partial charge is 0.507 e. The molecule has 0 heterocycles. The van der Waals surface area contributed by atoms with Crippen molar-refractivity contribution in [3.63, 3.8) is 0 Å². The quantitative estimate of drug-likeness (QED) is 0.608. The molecule has 0 saturated heterocycles. The molecule has 0 aromatic heterocycles. The lowest BCUT2D eigenvalue weighted by Crippen LogP contribution is -2.21. The van der Waals surface area contributed by atoms with Crippen molar-refractivity contribution in [2.45, 2.75) is 20.8 Å². The van der Waals surface area contributed by atoms with Crippen molar-refractivity contribution < 1.29 is 9.90 Å². The van der Waals surface area contributed by atoms with Crippen LogP contribution in [-0.2, 0) is 4.79 Å². The molecule has 0 bridgehead atoms. The van der Waals surface area contributed by atoms with Gasteiger partial charge in [-0.05, 0) is 51.1 Å². The van der Waals surface area contributed by atoms with Crippen molar-refractivity contribution in [2.24, 2.45) is 0 Å². The van der Waals surface area contributed by atoms with Gasteiger partial charge in [-0.25, -0.2) is 0 Å². The lowest BCUT2D eigenvalue weighted by Gasteiger charge is -2.21. The minimum atomic E-state index is -0.511. The highest BCUT2D eigenvalue weighted by Gasteiger charge is 2.12. The summed E-state index contributed by atoms with van der Waals surface area (Å²) in [6, 6.07) is 14.4. The first-order valence-corrected chi connectivity index (χ1v) is 8.56. The van der Waals surface area contributed by atoms with E-state index in [4.69, 9.17) is 0 Å². The lowest BCUT2D eigenvalue weighted by molar-refractivity contribution is -0.112. The molecule has 0 unspecified atom stereocenters. The van der Waals surface area contributed by atoms with Crippen molar-refractivity contribution >= 4 is 23.4 Å². The van der Waals surface area contributed by atoms with E-state index < -0.39 is 5.91 Å². The Bertz CT molecular complexity index is 845. The van der Waals surface area contributed by atoms with Gasteiger partial charge >= 0.3 is 0 Å². The minimum Gasteiger partial charge on any atom is -0.507 e. The second-order valence-corrected chi connectivity index (χ2v) is 5.91. The average molecular weight is 349 g/mol. The third-order valence-corrected chi connectivity index (χ3v) is 4.12. The summed E-state index contributed by atoms with van der Waals surface area (Å²) >= 11 is 0. The van der Waals surface area contributed by atoms with Crippen LogP contribution in [0.2, 0.25) is 0 Å². The summed E-state index contributed by atoms with van der Waals surface area (Å²) in [4.78, 5) is 14.4. The van der Waals surface area contributed by atoms with Gasteiger partial charge < -0.3 is 15.3 Å². The Balaban J connectivity index is 2.23. The molecule has 0 saturated carbocycles. The van der Waals surface area contributed by atoms with Crippen molar-refractivity contribution in [1.29, 1.82) is 5.26 Å². The van der Waals surface area contributed by atoms with Crippen LogP contribution in [0.25, 0.3) is 6.08 Å². The molecule has 2 aromatic carbocycles. The number of nitrogens with one attached hydrogen (secondary N) is 1. The van der Waals surface area contributed by atoms with E-state index >= 15 is 0 Å². The summed E-state index contributed by atoms with van der Waals surface area (Å²) in [6.07, 6.45) is 1.39. The first kappa shape index (κ1) is 19.1. The fraction of sp³-hybridized carbons (Fsp3) is 0.238. The average Bonchev–Trinajstić information content (AvgIpc) is 2.64. The topological polar surface area (TPSA) is 76.4 Å². The second-order valence-electron chi connectivity index (χ2n) is 5.91. The number of nitriles is 1. The zero-order valence-corrected chi connectivity index (χ0v) is 15.3. The zero-order chi connectivity index (χ0) is 19.1. The summed E-state index contributed by atoms with van der Waals surface area (Å²) in [7, 11) is 0. The molecule has 0 fully saturated rings. The Labute approximate surface area is 154 Å². The van der Waals surface area contributed by atoms with Gasteiger partial charge in [0.05, 0.1) is 0 Å². The Morgan fingerprint density at radius 2 is 1.85 bits per heavy atom. The molecule has 2 aromatic rings. The number of phenols is 1. The molecule has 2 N–H and O–H groups in total. The van der Waals surface area contributed by atoms with Crippen LogP contribution >= 0.6 is 0 Å². The molecule has 0 aliphatic rings. The fourth-order valence-corrected chi connectivity index (χ4v) is 2.58. The van der Waals surface area contributed by atoms with Gasteiger partial charge in [-0.2, -0.15) is 5.26 Å². The molecular formula is C21H23N3O2. The normalized spacial score (nSPS) is 10.9. The van der Waals surface area contributed by atoms with Gasteiger partial charge in [0.1, 0.15) is 17.4 Å². The highest BCUT2D eigenvalue weighted by Crippen LogP contribution is 2.26. The molecule has 0 aliphatic heterocycles. The van der Waals surface area contributed by atoms with Gasteiger partial charge in [0, 0.05) is 36.1 Å². The first-order chi connectivity index (χ1) is 12.5. The van der Waals surface area contributed by atoms with E-state index in [9.17, 15) is 15.2 Å². The maximum Gasteiger partial charge on any atom is 0.266 e. The Kier molecular flexibility index (Phi) is 6.40. The van der Waals surface area contributed by atoms with Gasteiger partial charge in [-0.15, -0.1) is 0 Å². The highest BCUT2D eigenvalue weighted by atomic mass is 16.3. The maximum atomic E-state index is 12.3. The Morgan fingerprint density at radius 1 is 1.19 bits per heavy atom. The number of carbonyl (C=O) groups is 1. The molecule has 0 atom stereocenters. The highest BCUT2D eigenvalue weighted by molar-refractivity contribution is 6.09. The van der Waals surface area contributed by atoms with E-state index in [1.807, 2.05) is 45.0 Å². The molecule has 134 valence electrons. The number of aromatic hydroxyl groups is 1. The molecule has 26 heavy (non-hydrogen) atoms. The summed E-state index contributed by atoms with van der Waals surface area (Å²) in [5, 5.41) is 22.3. The molecule has 0 aliphatic carbocycles. The molecule has 0 radical (unpaired) electrons. The maximum absolute atomic E-state index is 12.3. The predicted octanol–water partition coefficient (Wildman–Crippen LogP) is 4.09. The number of carbonyl (C=O) groups excluding carboxylic acids is 1. The van der Waals surface area contributed by atoms with E-state index in [1.165, 1.54) is 6.08 Å². The predicted molar refractivity (Wildman–Crippen MR) is 105 cm³/mol. The van der Waals surface area contributed by atoms with E-state index in [2.05, 4.69) is 10.2 Å². The standard InChI is InChI=1S/C21H23N3O2/c1-4-24(5-2)19-11-8-16(20(25)13-19)12-17(14-22)21(26)23-18-9-6-15(3)7-10-18/h6-13,25H,4-5H2,1-3H3,(H,23,26)/b17-12+.